The first-order valence-electron chi connectivity index (χ1n) is 12.1. The van der Waals surface area contributed by atoms with E-state index in [1.165, 1.54) is 0 Å². The lowest BCUT2D eigenvalue weighted by Gasteiger charge is -2.55. The van der Waals surface area contributed by atoms with Gasteiger partial charge in [0.2, 0.25) is 5.91 Å². The Hall–Kier alpha value is -2.08. The molecule has 0 saturated carbocycles. The van der Waals surface area contributed by atoms with Crippen molar-refractivity contribution in [3.63, 3.8) is 0 Å². The van der Waals surface area contributed by atoms with Gasteiger partial charge < -0.3 is 19.5 Å². The normalized spacial score (nSPS) is 28.7. The quantitative estimate of drug-likeness (QED) is 0.682. The van der Waals surface area contributed by atoms with Crippen molar-refractivity contribution >= 4 is 11.9 Å². The molecule has 0 radical (unpaired) electrons. The number of carboxylic acid groups (broad SMARTS) is 1. The molecule has 1 N–H and O–H groups in total. The average Bonchev–Trinajstić information content (AvgIpc) is 2.77. The second-order valence-corrected chi connectivity index (χ2v) is 10.7. The number of benzene rings is 1. The van der Waals surface area contributed by atoms with Crippen LogP contribution in [0.3, 0.4) is 0 Å². The number of hydrogen-bond donors (Lipinski definition) is 1. The Labute approximate surface area is 191 Å². The molecule has 1 aromatic rings. The van der Waals surface area contributed by atoms with Gasteiger partial charge in [0, 0.05) is 37.4 Å². The van der Waals surface area contributed by atoms with Gasteiger partial charge in [-0.15, -0.1) is 0 Å². The molecule has 176 valence electrons. The second kappa shape index (κ2) is 9.05. The first kappa shape index (κ1) is 23.1. The standard InChI is InChI=1S/C26H37NO5/c1-18(2)8-9-22(28)27-14-12-26(13-15-27)16-20-24(31-17-26)19-6-4-5-7-21(19)32-25(20,3)11-10-23(29)30/h4-7,18,20,24H,8-17H2,1-3H3,(H,29,30)/t20-,24+,25-/m0/s1. The van der Waals surface area contributed by atoms with E-state index in [0.717, 1.165) is 50.1 Å². The van der Waals surface area contributed by atoms with Crippen LogP contribution in [0.1, 0.15) is 77.4 Å². The van der Waals surface area contributed by atoms with E-state index >= 15 is 0 Å². The number of ether oxygens (including phenoxy) is 2. The second-order valence-electron chi connectivity index (χ2n) is 10.7. The number of amides is 1. The molecule has 0 aromatic heterocycles. The van der Waals surface area contributed by atoms with Crippen LogP contribution in [0.2, 0.25) is 0 Å². The van der Waals surface area contributed by atoms with E-state index in [4.69, 9.17) is 9.47 Å². The highest BCUT2D eigenvalue weighted by atomic mass is 16.5. The first-order chi connectivity index (χ1) is 15.2. The van der Waals surface area contributed by atoms with Gasteiger partial charge in [-0.3, -0.25) is 9.59 Å². The Morgan fingerprint density at radius 1 is 1.19 bits per heavy atom. The van der Waals surface area contributed by atoms with E-state index in [0.29, 0.717) is 25.4 Å². The number of hydrogen-bond acceptors (Lipinski definition) is 4. The van der Waals surface area contributed by atoms with Crippen molar-refractivity contribution in [1.82, 2.24) is 4.90 Å². The molecule has 1 amide bonds. The molecular weight excluding hydrogens is 406 g/mol. The van der Waals surface area contributed by atoms with E-state index in [2.05, 4.69) is 26.8 Å². The average molecular weight is 444 g/mol. The van der Waals surface area contributed by atoms with E-state index < -0.39 is 11.6 Å². The minimum absolute atomic E-state index is 0.0239. The lowest BCUT2D eigenvalue weighted by atomic mass is 9.63. The molecular formula is C26H37NO5. The zero-order valence-electron chi connectivity index (χ0n) is 19.6. The first-order valence-corrected chi connectivity index (χ1v) is 12.1. The molecule has 6 nitrogen and oxygen atoms in total. The largest absolute Gasteiger partial charge is 0.487 e. The van der Waals surface area contributed by atoms with Gasteiger partial charge in [0.25, 0.3) is 0 Å². The van der Waals surface area contributed by atoms with E-state index in [-0.39, 0.29) is 29.8 Å². The summed E-state index contributed by atoms with van der Waals surface area (Å²) in [6.07, 6.45) is 4.83. The number of aliphatic carboxylic acids is 1. The van der Waals surface area contributed by atoms with Crippen LogP contribution < -0.4 is 4.74 Å². The van der Waals surface area contributed by atoms with E-state index in [9.17, 15) is 14.7 Å². The number of para-hydroxylation sites is 1. The van der Waals surface area contributed by atoms with E-state index in [1.54, 1.807) is 0 Å². The molecule has 3 aliphatic rings. The maximum Gasteiger partial charge on any atom is 0.303 e. The summed E-state index contributed by atoms with van der Waals surface area (Å²) >= 11 is 0. The van der Waals surface area contributed by atoms with Crippen molar-refractivity contribution in [2.75, 3.05) is 19.7 Å². The molecule has 4 rings (SSSR count). The van der Waals surface area contributed by atoms with Gasteiger partial charge in [-0.25, -0.2) is 0 Å². The molecule has 0 aliphatic carbocycles. The van der Waals surface area contributed by atoms with Crippen molar-refractivity contribution in [2.24, 2.45) is 17.3 Å². The Balaban J connectivity index is 1.49. The van der Waals surface area contributed by atoms with Crippen molar-refractivity contribution in [2.45, 2.75) is 77.4 Å². The maximum atomic E-state index is 12.6. The van der Waals surface area contributed by atoms with Crippen molar-refractivity contribution < 1.29 is 24.2 Å². The van der Waals surface area contributed by atoms with Crippen molar-refractivity contribution in [3.05, 3.63) is 29.8 Å². The zero-order valence-corrected chi connectivity index (χ0v) is 19.6. The van der Waals surface area contributed by atoms with Crippen molar-refractivity contribution in [3.8, 4) is 5.75 Å². The number of nitrogens with zero attached hydrogens (tertiary/aromatic N) is 1. The topological polar surface area (TPSA) is 76.1 Å². The maximum absolute atomic E-state index is 12.6. The summed E-state index contributed by atoms with van der Waals surface area (Å²) in [6, 6.07) is 7.98. The number of fused-ring (bicyclic) bond motifs is 3. The summed E-state index contributed by atoms with van der Waals surface area (Å²) < 4.78 is 13.0. The SMILES string of the molecule is CC(C)CCC(=O)N1CCC2(CC1)CO[C@@H]1c3ccccc3O[C@@](C)(CCC(=O)O)[C@H]1C2. The minimum atomic E-state index is -0.801. The molecule has 0 bridgehead atoms. The molecule has 2 saturated heterocycles. The Kier molecular flexibility index (Phi) is 6.53. The van der Waals surface area contributed by atoms with Crippen LogP contribution in [0.15, 0.2) is 24.3 Å². The number of carbonyl (C=O) groups excluding carboxylic acids is 1. The molecule has 1 aromatic carbocycles. The van der Waals surface area contributed by atoms with Crippen LogP contribution in [0.4, 0.5) is 0 Å². The molecule has 3 atom stereocenters. The summed E-state index contributed by atoms with van der Waals surface area (Å²) in [6.45, 7) is 8.60. The Morgan fingerprint density at radius 3 is 2.59 bits per heavy atom. The van der Waals surface area contributed by atoms with E-state index in [1.807, 2.05) is 23.1 Å². The fraction of sp³-hybridized carbons (Fsp3) is 0.692. The van der Waals surface area contributed by atoms with Crippen LogP contribution in [-0.4, -0.2) is 47.2 Å². The van der Waals surface area contributed by atoms with Gasteiger partial charge in [0.15, 0.2) is 0 Å². The number of carboxylic acids is 1. The molecule has 0 unspecified atom stereocenters. The summed E-state index contributed by atoms with van der Waals surface area (Å²) in [7, 11) is 0. The van der Waals surface area contributed by atoms with Crippen molar-refractivity contribution in [1.29, 1.82) is 0 Å². The lowest BCUT2D eigenvalue weighted by molar-refractivity contribution is -0.183. The highest BCUT2D eigenvalue weighted by Crippen LogP contribution is 2.56. The Morgan fingerprint density at radius 2 is 1.91 bits per heavy atom. The molecule has 3 aliphatic heterocycles. The van der Waals surface area contributed by atoms with Gasteiger partial charge in [-0.05, 0) is 56.4 Å². The highest BCUT2D eigenvalue weighted by molar-refractivity contribution is 5.76. The molecule has 1 spiro atoms. The summed E-state index contributed by atoms with van der Waals surface area (Å²) in [4.78, 5) is 26.0. The van der Waals surface area contributed by atoms with Gasteiger partial charge >= 0.3 is 5.97 Å². The Bertz CT molecular complexity index is 844. The van der Waals surface area contributed by atoms with Crippen LogP contribution >= 0.6 is 0 Å². The lowest BCUT2D eigenvalue weighted by Crippen LogP contribution is -2.55. The third-order valence-electron chi connectivity index (χ3n) is 7.89. The predicted octanol–water partition coefficient (Wildman–Crippen LogP) is 4.83. The van der Waals surface area contributed by atoms with Crippen LogP contribution in [0.5, 0.6) is 5.75 Å². The summed E-state index contributed by atoms with van der Waals surface area (Å²) in [5.41, 5.74) is 0.506. The van der Waals surface area contributed by atoms with Gasteiger partial charge in [0.1, 0.15) is 11.4 Å². The predicted molar refractivity (Wildman–Crippen MR) is 121 cm³/mol. The molecule has 32 heavy (non-hydrogen) atoms. The van der Waals surface area contributed by atoms with Crippen LogP contribution in [0, 0.1) is 17.3 Å². The third kappa shape index (κ3) is 4.66. The summed E-state index contributed by atoms with van der Waals surface area (Å²) in [5, 5.41) is 9.33. The van der Waals surface area contributed by atoms with Crippen LogP contribution in [0.25, 0.3) is 0 Å². The highest BCUT2D eigenvalue weighted by Gasteiger charge is 2.54. The fourth-order valence-electron chi connectivity index (χ4n) is 5.73. The number of piperidine rings is 1. The number of carbonyl (C=O) groups is 2. The van der Waals surface area contributed by atoms with Gasteiger partial charge in [0.05, 0.1) is 12.7 Å². The van der Waals surface area contributed by atoms with Gasteiger partial charge in [-0.2, -0.15) is 0 Å². The summed E-state index contributed by atoms with van der Waals surface area (Å²) in [5.74, 6) is 0.905. The smallest absolute Gasteiger partial charge is 0.303 e. The molecule has 6 heteroatoms. The fourth-order valence-corrected chi connectivity index (χ4v) is 5.73. The molecule has 3 heterocycles. The molecule has 2 fully saturated rings. The number of rotatable bonds is 6. The number of likely N-dealkylation sites (tertiary alicyclic amines) is 1. The van der Waals surface area contributed by atoms with Crippen LogP contribution in [-0.2, 0) is 14.3 Å². The van der Waals surface area contributed by atoms with Gasteiger partial charge in [-0.1, -0.05) is 32.0 Å². The minimum Gasteiger partial charge on any atom is -0.487 e. The zero-order chi connectivity index (χ0) is 22.9. The third-order valence-corrected chi connectivity index (χ3v) is 7.89. The monoisotopic (exact) mass is 443 g/mol.